The molecular formula is C16H24N2O2S. The number of thioether (sulfide) groups is 1. The lowest BCUT2D eigenvalue weighted by Gasteiger charge is -2.27. The van der Waals surface area contributed by atoms with Crippen LogP contribution in [0, 0.1) is 0 Å². The van der Waals surface area contributed by atoms with E-state index in [0.717, 1.165) is 13.1 Å². The van der Waals surface area contributed by atoms with E-state index >= 15 is 0 Å². The third-order valence-corrected chi connectivity index (χ3v) is 5.45. The summed E-state index contributed by atoms with van der Waals surface area (Å²) >= 11 is 2.00. The molecule has 1 saturated carbocycles. The molecule has 0 heterocycles. The van der Waals surface area contributed by atoms with Gasteiger partial charge in [-0.15, -0.1) is 0 Å². The van der Waals surface area contributed by atoms with Crippen LogP contribution in [0.1, 0.15) is 31.2 Å². The van der Waals surface area contributed by atoms with Gasteiger partial charge in [-0.1, -0.05) is 25.0 Å². The largest absolute Gasteiger partial charge is 0.484 e. The molecule has 1 aromatic carbocycles. The Morgan fingerprint density at radius 1 is 1.33 bits per heavy atom. The molecule has 2 rings (SSSR count). The number of nitrogens with two attached hydrogens (primary N) is 1. The van der Waals surface area contributed by atoms with Crippen molar-refractivity contribution < 1.29 is 9.53 Å². The zero-order valence-electron chi connectivity index (χ0n) is 12.6. The monoisotopic (exact) mass is 308 g/mol. The smallest absolute Gasteiger partial charge is 0.255 e. The highest BCUT2D eigenvalue weighted by Crippen LogP contribution is 2.39. The van der Waals surface area contributed by atoms with E-state index in [0.29, 0.717) is 10.5 Å². The van der Waals surface area contributed by atoms with Gasteiger partial charge in [0.15, 0.2) is 6.61 Å². The summed E-state index contributed by atoms with van der Waals surface area (Å²) in [4.78, 5) is 10.7. The molecule has 0 saturated heterocycles. The van der Waals surface area contributed by atoms with Crippen molar-refractivity contribution in [1.29, 1.82) is 0 Å². The van der Waals surface area contributed by atoms with Crippen LogP contribution in [0.5, 0.6) is 5.75 Å². The van der Waals surface area contributed by atoms with Crippen LogP contribution in [0.2, 0.25) is 0 Å². The van der Waals surface area contributed by atoms with Crippen molar-refractivity contribution >= 4 is 17.7 Å². The standard InChI is InChI=1S/C16H24N2O2S/c1-21-16(8-2-3-9-16)12-18-10-13-4-6-14(7-5-13)20-11-15(17)19/h4-7,18H,2-3,8-12H2,1H3,(H2,17,19). The number of primary amides is 1. The first kappa shape index (κ1) is 16.2. The molecule has 1 aliphatic carbocycles. The van der Waals surface area contributed by atoms with Gasteiger partial charge in [-0.3, -0.25) is 4.79 Å². The van der Waals surface area contributed by atoms with Crippen LogP contribution in [-0.4, -0.2) is 30.1 Å². The van der Waals surface area contributed by atoms with Gasteiger partial charge >= 0.3 is 0 Å². The predicted molar refractivity (Wildman–Crippen MR) is 87.6 cm³/mol. The van der Waals surface area contributed by atoms with Crippen LogP contribution in [0.15, 0.2) is 24.3 Å². The highest BCUT2D eigenvalue weighted by molar-refractivity contribution is 8.00. The second-order valence-electron chi connectivity index (χ2n) is 5.60. The number of ether oxygens (including phenoxy) is 1. The summed E-state index contributed by atoms with van der Waals surface area (Å²) in [6, 6.07) is 7.78. The van der Waals surface area contributed by atoms with Crippen LogP contribution < -0.4 is 15.8 Å². The maximum Gasteiger partial charge on any atom is 0.255 e. The first-order valence-electron chi connectivity index (χ1n) is 7.39. The van der Waals surface area contributed by atoms with Gasteiger partial charge in [0.1, 0.15) is 5.75 Å². The lowest BCUT2D eigenvalue weighted by atomic mass is 10.1. The topological polar surface area (TPSA) is 64.3 Å². The summed E-state index contributed by atoms with van der Waals surface area (Å²) in [6.07, 6.45) is 7.57. The molecule has 1 amide bonds. The summed E-state index contributed by atoms with van der Waals surface area (Å²) < 4.78 is 5.68. The molecular weight excluding hydrogens is 284 g/mol. The van der Waals surface area contributed by atoms with E-state index in [1.165, 1.54) is 31.2 Å². The quantitative estimate of drug-likeness (QED) is 0.773. The molecule has 1 fully saturated rings. The lowest BCUT2D eigenvalue weighted by Crippen LogP contribution is -2.34. The van der Waals surface area contributed by atoms with Crippen LogP contribution >= 0.6 is 11.8 Å². The summed E-state index contributed by atoms with van der Waals surface area (Å²) in [5, 5.41) is 3.57. The molecule has 1 aromatic rings. The minimum absolute atomic E-state index is 0.0756. The Morgan fingerprint density at radius 3 is 2.57 bits per heavy atom. The van der Waals surface area contributed by atoms with Gasteiger partial charge < -0.3 is 15.8 Å². The van der Waals surface area contributed by atoms with Crippen molar-refractivity contribution in [2.45, 2.75) is 37.0 Å². The van der Waals surface area contributed by atoms with E-state index in [4.69, 9.17) is 10.5 Å². The van der Waals surface area contributed by atoms with E-state index < -0.39 is 5.91 Å². The van der Waals surface area contributed by atoms with Crippen molar-refractivity contribution in [3.63, 3.8) is 0 Å². The van der Waals surface area contributed by atoms with Gasteiger partial charge in [0.2, 0.25) is 0 Å². The Bertz CT molecular complexity index is 456. The normalized spacial score (nSPS) is 16.8. The third-order valence-electron chi connectivity index (χ3n) is 4.03. The van der Waals surface area contributed by atoms with E-state index in [9.17, 15) is 4.79 Å². The molecule has 3 N–H and O–H groups in total. The minimum atomic E-state index is -0.459. The first-order chi connectivity index (χ1) is 10.1. The summed E-state index contributed by atoms with van der Waals surface area (Å²) in [5.74, 6) is 0.216. The molecule has 21 heavy (non-hydrogen) atoms. The zero-order valence-corrected chi connectivity index (χ0v) is 13.4. The number of nitrogens with one attached hydrogen (secondary N) is 1. The van der Waals surface area contributed by atoms with Crippen molar-refractivity contribution in [3.8, 4) is 5.75 Å². The molecule has 0 aliphatic heterocycles. The van der Waals surface area contributed by atoms with Crippen molar-refractivity contribution in [2.24, 2.45) is 5.73 Å². The average Bonchev–Trinajstić information content (AvgIpc) is 2.96. The highest BCUT2D eigenvalue weighted by atomic mass is 32.2. The number of amides is 1. The van der Waals surface area contributed by atoms with Crippen molar-refractivity contribution in [2.75, 3.05) is 19.4 Å². The lowest BCUT2D eigenvalue weighted by molar-refractivity contribution is -0.119. The molecule has 116 valence electrons. The van der Waals surface area contributed by atoms with Gasteiger partial charge in [-0.2, -0.15) is 11.8 Å². The Labute approximate surface area is 130 Å². The van der Waals surface area contributed by atoms with Crippen LogP contribution in [0.3, 0.4) is 0 Å². The fourth-order valence-corrected chi connectivity index (χ4v) is 3.71. The number of rotatable bonds is 8. The van der Waals surface area contributed by atoms with Gasteiger partial charge in [0.25, 0.3) is 5.91 Å². The summed E-state index contributed by atoms with van der Waals surface area (Å²) in [5.41, 5.74) is 6.26. The molecule has 0 radical (unpaired) electrons. The molecule has 0 atom stereocenters. The van der Waals surface area contributed by atoms with E-state index in [1.54, 1.807) is 0 Å². The van der Waals surface area contributed by atoms with Gasteiger partial charge in [0, 0.05) is 17.8 Å². The molecule has 1 aliphatic rings. The number of carbonyl (C=O) groups excluding carboxylic acids is 1. The fraction of sp³-hybridized carbons (Fsp3) is 0.562. The Kier molecular flexibility index (Phi) is 5.94. The maximum absolute atomic E-state index is 10.7. The molecule has 0 spiro atoms. The second kappa shape index (κ2) is 7.71. The molecule has 4 nitrogen and oxygen atoms in total. The predicted octanol–water partition coefficient (Wildman–Crippen LogP) is 2.32. The van der Waals surface area contributed by atoms with Gasteiger partial charge in [-0.25, -0.2) is 0 Å². The van der Waals surface area contributed by atoms with Gasteiger partial charge in [0.05, 0.1) is 0 Å². The fourth-order valence-electron chi connectivity index (χ4n) is 2.77. The van der Waals surface area contributed by atoms with Gasteiger partial charge in [-0.05, 0) is 36.8 Å². The van der Waals surface area contributed by atoms with Crippen LogP contribution in [0.25, 0.3) is 0 Å². The van der Waals surface area contributed by atoms with Crippen molar-refractivity contribution in [1.82, 2.24) is 5.32 Å². The Morgan fingerprint density at radius 2 is 2.00 bits per heavy atom. The summed E-state index contributed by atoms with van der Waals surface area (Å²) in [6.45, 7) is 1.85. The van der Waals surface area contributed by atoms with E-state index in [1.807, 2.05) is 36.0 Å². The Hall–Kier alpha value is -1.20. The maximum atomic E-state index is 10.7. The van der Waals surface area contributed by atoms with Crippen LogP contribution in [0.4, 0.5) is 0 Å². The third kappa shape index (κ3) is 4.93. The van der Waals surface area contributed by atoms with E-state index in [2.05, 4.69) is 11.6 Å². The highest BCUT2D eigenvalue weighted by Gasteiger charge is 2.32. The number of carbonyl (C=O) groups is 1. The first-order valence-corrected chi connectivity index (χ1v) is 8.62. The molecule has 0 aromatic heterocycles. The van der Waals surface area contributed by atoms with E-state index in [-0.39, 0.29) is 6.61 Å². The zero-order chi connectivity index (χ0) is 15.1. The second-order valence-corrected chi connectivity index (χ2v) is 6.87. The Balaban J connectivity index is 1.77. The van der Waals surface area contributed by atoms with Crippen LogP contribution in [-0.2, 0) is 11.3 Å². The number of hydrogen-bond donors (Lipinski definition) is 2. The summed E-state index contributed by atoms with van der Waals surface area (Å²) in [7, 11) is 0. The molecule has 5 heteroatoms. The SMILES string of the molecule is CSC1(CNCc2ccc(OCC(N)=O)cc2)CCCC1. The van der Waals surface area contributed by atoms with Crippen molar-refractivity contribution in [3.05, 3.63) is 29.8 Å². The average molecular weight is 308 g/mol. The molecule has 0 unspecified atom stereocenters. The number of benzene rings is 1. The number of hydrogen-bond acceptors (Lipinski definition) is 4. The molecule has 0 bridgehead atoms. The minimum Gasteiger partial charge on any atom is -0.484 e.